The minimum atomic E-state index is 0.0981. The Hall–Kier alpha value is -2.87. The summed E-state index contributed by atoms with van der Waals surface area (Å²) < 4.78 is 7.34. The maximum absolute atomic E-state index is 13.2. The van der Waals surface area contributed by atoms with Crippen LogP contribution in [0.15, 0.2) is 59.8 Å². The number of amides is 1. The fourth-order valence-corrected chi connectivity index (χ4v) is 4.38. The summed E-state index contributed by atoms with van der Waals surface area (Å²) in [6.45, 7) is 5.27. The molecule has 1 atom stereocenters. The van der Waals surface area contributed by atoms with Gasteiger partial charge in [-0.15, -0.1) is 5.10 Å². The van der Waals surface area contributed by atoms with Crippen LogP contribution >= 0.6 is 11.8 Å². The van der Waals surface area contributed by atoms with Crippen LogP contribution in [0.4, 0.5) is 0 Å². The van der Waals surface area contributed by atoms with Gasteiger partial charge in [0.25, 0.3) is 0 Å². The summed E-state index contributed by atoms with van der Waals surface area (Å²) in [4.78, 5) is 15.2. The number of hydrogen-bond acceptors (Lipinski definition) is 6. The van der Waals surface area contributed by atoms with Gasteiger partial charge in [-0.05, 0) is 60.7 Å². The summed E-state index contributed by atoms with van der Waals surface area (Å²) in [5.74, 6) is 1.68. The van der Waals surface area contributed by atoms with E-state index in [1.807, 2.05) is 54.3 Å². The van der Waals surface area contributed by atoms with Crippen molar-refractivity contribution in [2.45, 2.75) is 44.4 Å². The number of para-hydroxylation sites is 2. The summed E-state index contributed by atoms with van der Waals surface area (Å²) in [5, 5.41) is 12.7. The van der Waals surface area contributed by atoms with Crippen molar-refractivity contribution >= 4 is 17.7 Å². The molecule has 4 rings (SSSR count). The SMILES string of the molecule is CCOc1ccccc1-n1nnnc1SCC(=O)N(Cc1ccccc1)C(C)C1CC1. The molecule has 2 aromatic carbocycles. The number of hydrogen-bond donors (Lipinski definition) is 0. The third-order valence-electron chi connectivity index (χ3n) is 5.47. The van der Waals surface area contributed by atoms with E-state index in [0.717, 1.165) is 11.3 Å². The molecule has 1 unspecified atom stereocenters. The molecule has 31 heavy (non-hydrogen) atoms. The highest BCUT2D eigenvalue weighted by Gasteiger charge is 2.34. The van der Waals surface area contributed by atoms with Crippen molar-refractivity contribution in [1.82, 2.24) is 25.1 Å². The molecular formula is C23H27N5O2S. The standard InChI is InChI=1S/C23H27N5O2S/c1-3-30-21-12-8-7-11-20(21)28-23(24-25-26-28)31-16-22(29)27(17(2)19-13-14-19)15-18-9-5-4-6-10-18/h4-12,17,19H,3,13-16H2,1-2H3. The van der Waals surface area contributed by atoms with Crippen LogP contribution in [0, 0.1) is 5.92 Å². The summed E-state index contributed by atoms with van der Waals surface area (Å²) in [7, 11) is 0. The highest BCUT2D eigenvalue weighted by molar-refractivity contribution is 7.99. The molecule has 1 amide bonds. The molecular weight excluding hydrogens is 410 g/mol. The van der Waals surface area contributed by atoms with Crippen LogP contribution < -0.4 is 4.74 Å². The second-order valence-electron chi connectivity index (χ2n) is 7.65. The highest BCUT2D eigenvalue weighted by Crippen LogP contribution is 2.36. The average molecular weight is 438 g/mol. The number of rotatable bonds is 10. The molecule has 0 saturated heterocycles. The molecule has 1 heterocycles. The topological polar surface area (TPSA) is 73.1 Å². The average Bonchev–Trinajstić information content (AvgIpc) is 3.55. The second-order valence-corrected chi connectivity index (χ2v) is 8.59. The number of nitrogens with zero attached hydrogens (tertiary/aromatic N) is 5. The Balaban J connectivity index is 1.48. The largest absolute Gasteiger partial charge is 0.492 e. The highest BCUT2D eigenvalue weighted by atomic mass is 32.2. The summed E-state index contributed by atoms with van der Waals surface area (Å²) in [5.41, 5.74) is 1.90. The third kappa shape index (κ3) is 5.25. The van der Waals surface area contributed by atoms with Gasteiger partial charge in [-0.1, -0.05) is 54.2 Å². The fourth-order valence-electron chi connectivity index (χ4n) is 3.61. The Kier molecular flexibility index (Phi) is 6.86. The molecule has 8 heteroatoms. The number of carbonyl (C=O) groups excluding carboxylic acids is 1. The van der Waals surface area contributed by atoms with E-state index in [9.17, 15) is 4.79 Å². The lowest BCUT2D eigenvalue weighted by atomic mass is 10.1. The molecule has 1 aliphatic rings. The van der Waals surface area contributed by atoms with Gasteiger partial charge >= 0.3 is 0 Å². The quantitative estimate of drug-likeness (QED) is 0.447. The van der Waals surface area contributed by atoms with Gasteiger partial charge in [0.1, 0.15) is 11.4 Å². The molecule has 0 bridgehead atoms. The van der Waals surface area contributed by atoms with Crippen LogP contribution in [0.2, 0.25) is 0 Å². The van der Waals surface area contributed by atoms with Crippen molar-refractivity contribution in [3.63, 3.8) is 0 Å². The molecule has 1 fully saturated rings. The fraction of sp³-hybridized carbons (Fsp3) is 0.391. The van der Waals surface area contributed by atoms with Gasteiger partial charge in [-0.25, -0.2) is 0 Å². The third-order valence-corrected chi connectivity index (χ3v) is 6.37. The Morgan fingerprint density at radius 2 is 1.94 bits per heavy atom. The molecule has 1 aromatic heterocycles. The van der Waals surface area contributed by atoms with E-state index >= 15 is 0 Å². The Bertz CT molecular complexity index is 1010. The molecule has 0 N–H and O–H groups in total. The zero-order valence-corrected chi connectivity index (χ0v) is 18.7. The van der Waals surface area contributed by atoms with E-state index < -0.39 is 0 Å². The smallest absolute Gasteiger partial charge is 0.233 e. The number of carbonyl (C=O) groups is 1. The van der Waals surface area contributed by atoms with Crippen LogP contribution in [0.3, 0.4) is 0 Å². The minimum absolute atomic E-state index is 0.0981. The van der Waals surface area contributed by atoms with Gasteiger partial charge in [-0.3, -0.25) is 4.79 Å². The van der Waals surface area contributed by atoms with E-state index in [1.165, 1.54) is 24.6 Å². The predicted octanol–water partition coefficient (Wildman–Crippen LogP) is 3.98. The van der Waals surface area contributed by atoms with Crippen molar-refractivity contribution < 1.29 is 9.53 Å². The Labute approximate surface area is 186 Å². The molecule has 3 aromatic rings. The van der Waals surface area contributed by atoms with Crippen LogP contribution in [-0.2, 0) is 11.3 Å². The number of benzene rings is 2. The first-order chi connectivity index (χ1) is 15.2. The van der Waals surface area contributed by atoms with Crippen LogP contribution in [0.25, 0.3) is 5.69 Å². The molecule has 0 spiro atoms. The van der Waals surface area contributed by atoms with E-state index in [4.69, 9.17) is 4.74 Å². The normalized spacial score (nSPS) is 14.3. The molecule has 1 aliphatic carbocycles. The first kappa shape index (κ1) is 21.4. The summed E-state index contributed by atoms with van der Waals surface area (Å²) >= 11 is 1.35. The van der Waals surface area contributed by atoms with Crippen molar-refractivity contribution in [3.8, 4) is 11.4 Å². The number of aromatic nitrogens is 4. The molecule has 0 aliphatic heterocycles. The van der Waals surface area contributed by atoms with E-state index in [0.29, 0.717) is 30.0 Å². The van der Waals surface area contributed by atoms with Crippen molar-refractivity contribution in [2.24, 2.45) is 5.92 Å². The second kappa shape index (κ2) is 9.96. The van der Waals surface area contributed by atoms with Crippen molar-refractivity contribution in [2.75, 3.05) is 12.4 Å². The summed E-state index contributed by atoms with van der Waals surface area (Å²) in [6, 6.07) is 18.0. The van der Waals surface area contributed by atoms with Gasteiger partial charge in [0.15, 0.2) is 0 Å². The van der Waals surface area contributed by atoms with Gasteiger partial charge < -0.3 is 9.64 Å². The Morgan fingerprint density at radius 1 is 1.19 bits per heavy atom. The van der Waals surface area contributed by atoms with Gasteiger partial charge in [-0.2, -0.15) is 4.68 Å². The minimum Gasteiger partial charge on any atom is -0.492 e. The Morgan fingerprint density at radius 3 is 2.68 bits per heavy atom. The zero-order valence-electron chi connectivity index (χ0n) is 17.8. The maximum Gasteiger partial charge on any atom is 0.233 e. The molecule has 7 nitrogen and oxygen atoms in total. The number of thioether (sulfide) groups is 1. The lowest BCUT2D eigenvalue weighted by Crippen LogP contribution is -2.40. The monoisotopic (exact) mass is 437 g/mol. The van der Waals surface area contributed by atoms with E-state index in [-0.39, 0.29) is 17.7 Å². The van der Waals surface area contributed by atoms with Gasteiger partial charge in [0.2, 0.25) is 11.1 Å². The maximum atomic E-state index is 13.2. The molecule has 1 saturated carbocycles. The van der Waals surface area contributed by atoms with Crippen LogP contribution in [0.1, 0.15) is 32.3 Å². The van der Waals surface area contributed by atoms with Crippen molar-refractivity contribution in [3.05, 3.63) is 60.2 Å². The van der Waals surface area contributed by atoms with Crippen molar-refractivity contribution in [1.29, 1.82) is 0 Å². The number of tetrazole rings is 1. The predicted molar refractivity (Wildman–Crippen MR) is 120 cm³/mol. The number of ether oxygens (including phenoxy) is 1. The van der Waals surface area contributed by atoms with Gasteiger partial charge in [0.05, 0.1) is 12.4 Å². The molecule has 0 radical (unpaired) electrons. The molecule has 162 valence electrons. The van der Waals surface area contributed by atoms with E-state index in [2.05, 4.69) is 34.6 Å². The zero-order chi connectivity index (χ0) is 21.6. The van der Waals surface area contributed by atoms with Crippen LogP contribution in [0.5, 0.6) is 5.75 Å². The lowest BCUT2D eigenvalue weighted by molar-refractivity contribution is -0.131. The lowest BCUT2D eigenvalue weighted by Gasteiger charge is -2.29. The van der Waals surface area contributed by atoms with Gasteiger partial charge in [0, 0.05) is 12.6 Å². The van der Waals surface area contributed by atoms with E-state index in [1.54, 1.807) is 4.68 Å². The first-order valence-electron chi connectivity index (χ1n) is 10.6. The first-order valence-corrected chi connectivity index (χ1v) is 11.6. The van der Waals surface area contributed by atoms with Crippen LogP contribution in [-0.4, -0.2) is 49.4 Å². The summed E-state index contributed by atoms with van der Waals surface area (Å²) in [6.07, 6.45) is 2.39.